The summed E-state index contributed by atoms with van der Waals surface area (Å²) in [7, 11) is 0. The number of nitrogens with two attached hydrogens (primary N) is 1. The van der Waals surface area contributed by atoms with E-state index in [0.717, 1.165) is 4.88 Å². The number of benzene rings is 1. The first-order valence-electron chi connectivity index (χ1n) is 5.66. The molecule has 19 heavy (non-hydrogen) atoms. The van der Waals surface area contributed by atoms with Crippen LogP contribution < -0.4 is 10.5 Å². The Labute approximate surface area is 113 Å². The number of rotatable bonds is 4. The minimum absolute atomic E-state index is 0.201. The van der Waals surface area contributed by atoms with Gasteiger partial charge >= 0.3 is 0 Å². The van der Waals surface area contributed by atoms with Crippen molar-refractivity contribution in [2.75, 3.05) is 5.73 Å². The minimum Gasteiger partial charge on any atom is -0.482 e. The zero-order chi connectivity index (χ0) is 13.1. The quantitative estimate of drug-likeness (QED) is 0.740. The van der Waals surface area contributed by atoms with E-state index in [4.69, 9.17) is 14.9 Å². The average molecular weight is 273 g/mol. The number of nitrogen functional groups attached to an aromatic ring is 1. The lowest BCUT2D eigenvalue weighted by Crippen LogP contribution is -1.98. The lowest BCUT2D eigenvalue weighted by molar-refractivity contribution is 0.266. The molecule has 0 atom stereocenters. The molecule has 5 nitrogen and oxygen atoms in total. The Morgan fingerprint density at radius 3 is 2.84 bits per heavy atom. The molecule has 0 saturated heterocycles. The summed E-state index contributed by atoms with van der Waals surface area (Å²) in [5, 5.41) is 9.88. The van der Waals surface area contributed by atoms with Crippen LogP contribution in [-0.2, 0) is 6.61 Å². The lowest BCUT2D eigenvalue weighted by Gasteiger charge is -2.05. The Morgan fingerprint density at radius 2 is 2.05 bits per heavy atom. The van der Waals surface area contributed by atoms with Gasteiger partial charge in [0, 0.05) is 0 Å². The molecule has 0 aliphatic carbocycles. The second kappa shape index (κ2) is 5.11. The van der Waals surface area contributed by atoms with E-state index in [2.05, 4.69) is 10.2 Å². The number of anilines is 1. The Morgan fingerprint density at radius 1 is 1.16 bits per heavy atom. The van der Waals surface area contributed by atoms with Crippen LogP contribution in [-0.4, -0.2) is 10.2 Å². The van der Waals surface area contributed by atoms with Crippen molar-refractivity contribution in [2.24, 2.45) is 0 Å². The van der Waals surface area contributed by atoms with E-state index in [9.17, 15) is 0 Å². The smallest absolute Gasteiger partial charge is 0.257 e. The van der Waals surface area contributed by atoms with E-state index >= 15 is 0 Å². The summed E-state index contributed by atoms with van der Waals surface area (Å²) in [6, 6.07) is 11.1. The Bertz CT molecular complexity index is 664. The molecule has 2 aromatic heterocycles. The lowest BCUT2D eigenvalue weighted by atomic mass is 10.3. The molecule has 0 aliphatic rings. The molecular weight excluding hydrogens is 262 g/mol. The molecule has 1 aromatic carbocycles. The first kappa shape index (κ1) is 11.7. The molecule has 3 rings (SSSR count). The second-order valence-corrected chi connectivity index (χ2v) is 4.75. The molecule has 0 amide bonds. The van der Waals surface area contributed by atoms with E-state index in [1.807, 2.05) is 29.6 Å². The fourth-order valence-corrected chi connectivity index (χ4v) is 2.21. The van der Waals surface area contributed by atoms with E-state index in [1.165, 1.54) is 0 Å². The maximum Gasteiger partial charge on any atom is 0.257 e. The van der Waals surface area contributed by atoms with Gasteiger partial charge in [-0.25, -0.2) is 0 Å². The van der Waals surface area contributed by atoms with Gasteiger partial charge in [-0.05, 0) is 23.6 Å². The van der Waals surface area contributed by atoms with Crippen LogP contribution >= 0.6 is 11.3 Å². The number of aromatic nitrogens is 2. The van der Waals surface area contributed by atoms with Gasteiger partial charge in [-0.15, -0.1) is 21.5 Å². The third kappa shape index (κ3) is 2.58. The van der Waals surface area contributed by atoms with Crippen LogP contribution in [0.25, 0.3) is 10.8 Å². The number of hydrogen-bond donors (Lipinski definition) is 1. The monoisotopic (exact) mass is 273 g/mol. The zero-order valence-corrected chi connectivity index (χ0v) is 10.8. The van der Waals surface area contributed by atoms with Crippen molar-refractivity contribution in [1.82, 2.24) is 10.2 Å². The molecule has 0 aliphatic heterocycles. The summed E-state index contributed by atoms with van der Waals surface area (Å²) in [4.78, 5) is 0.943. The fourth-order valence-electron chi connectivity index (χ4n) is 1.56. The molecule has 2 N–H and O–H groups in total. The largest absolute Gasteiger partial charge is 0.482 e. The normalized spacial score (nSPS) is 10.5. The van der Waals surface area contributed by atoms with Crippen LogP contribution in [0.2, 0.25) is 0 Å². The van der Waals surface area contributed by atoms with Crippen molar-refractivity contribution in [3.8, 4) is 16.5 Å². The SMILES string of the molecule is Nc1ccccc1OCc1nnc(-c2cccs2)o1. The summed E-state index contributed by atoms with van der Waals surface area (Å²) in [5.41, 5.74) is 6.36. The molecule has 6 heteroatoms. The third-order valence-corrected chi connectivity index (χ3v) is 3.33. The molecule has 96 valence electrons. The second-order valence-electron chi connectivity index (χ2n) is 3.80. The minimum atomic E-state index is 0.201. The van der Waals surface area contributed by atoms with Gasteiger partial charge in [0.05, 0.1) is 10.6 Å². The summed E-state index contributed by atoms with van der Waals surface area (Å²) >= 11 is 1.55. The Hall–Kier alpha value is -2.34. The summed E-state index contributed by atoms with van der Waals surface area (Å²) in [6.45, 7) is 0.201. The van der Waals surface area contributed by atoms with Crippen molar-refractivity contribution >= 4 is 17.0 Å². The van der Waals surface area contributed by atoms with E-state index in [1.54, 1.807) is 23.5 Å². The Kier molecular flexibility index (Phi) is 3.16. The van der Waals surface area contributed by atoms with Gasteiger partial charge in [0.2, 0.25) is 0 Å². The van der Waals surface area contributed by atoms with E-state index < -0.39 is 0 Å². The van der Waals surface area contributed by atoms with Crippen LogP contribution in [0, 0.1) is 0 Å². The third-order valence-electron chi connectivity index (χ3n) is 2.47. The highest BCUT2D eigenvalue weighted by Crippen LogP contribution is 2.24. The summed E-state index contributed by atoms with van der Waals surface area (Å²) < 4.78 is 11.0. The predicted octanol–water partition coefficient (Wildman–Crippen LogP) is 2.96. The fraction of sp³-hybridized carbons (Fsp3) is 0.0769. The van der Waals surface area contributed by atoms with Crippen LogP contribution in [0.4, 0.5) is 5.69 Å². The van der Waals surface area contributed by atoms with Gasteiger partial charge in [-0.1, -0.05) is 18.2 Å². The maximum absolute atomic E-state index is 5.78. The molecule has 0 unspecified atom stereocenters. The molecule has 2 heterocycles. The summed E-state index contributed by atoms with van der Waals surface area (Å²) in [6.07, 6.45) is 0. The zero-order valence-electron chi connectivity index (χ0n) is 9.95. The van der Waals surface area contributed by atoms with Gasteiger partial charge in [-0.2, -0.15) is 0 Å². The predicted molar refractivity (Wildman–Crippen MR) is 72.8 cm³/mol. The summed E-state index contributed by atoms with van der Waals surface area (Å²) in [5.74, 6) is 1.54. The van der Waals surface area contributed by atoms with Crippen LogP contribution in [0.3, 0.4) is 0 Å². The molecule has 0 spiro atoms. The number of hydrogen-bond acceptors (Lipinski definition) is 6. The Balaban J connectivity index is 1.70. The molecule has 0 bridgehead atoms. The van der Waals surface area contributed by atoms with Crippen molar-refractivity contribution < 1.29 is 9.15 Å². The first-order chi connectivity index (χ1) is 9.33. The maximum atomic E-state index is 5.78. The van der Waals surface area contributed by atoms with Crippen molar-refractivity contribution in [2.45, 2.75) is 6.61 Å². The highest BCUT2D eigenvalue weighted by Gasteiger charge is 2.10. The van der Waals surface area contributed by atoms with Crippen molar-refractivity contribution in [1.29, 1.82) is 0 Å². The molecule has 0 radical (unpaired) electrons. The first-order valence-corrected chi connectivity index (χ1v) is 6.54. The van der Waals surface area contributed by atoms with Crippen LogP contribution in [0.1, 0.15) is 5.89 Å². The number of para-hydroxylation sites is 2. The molecule has 0 saturated carbocycles. The average Bonchev–Trinajstić information content (AvgIpc) is 3.09. The van der Waals surface area contributed by atoms with Crippen LogP contribution in [0.15, 0.2) is 46.2 Å². The van der Waals surface area contributed by atoms with Gasteiger partial charge in [0.25, 0.3) is 11.8 Å². The van der Waals surface area contributed by atoms with Gasteiger partial charge < -0.3 is 14.9 Å². The highest BCUT2D eigenvalue weighted by atomic mass is 32.1. The molecular formula is C13H11N3O2S. The number of nitrogens with zero attached hydrogens (tertiary/aromatic N) is 2. The van der Waals surface area contributed by atoms with E-state index in [0.29, 0.717) is 23.2 Å². The van der Waals surface area contributed by atoms with Gasteiger partial charge in [0.1, 0.15) is 5.75 Å². The highest BCUT2D eigenvalue weighted by molar-refractivity contribution is 7.13. The van der Waals surface area contributed by atoms with Crippen molar-refractivity contribution in [3.05, 3.63) is 47.7 Å². The van der Waals surface area contributed by atoms with Crippen molar-refractivity contribution in [3.63, 3.8) is 0 Å². The topological polar surface area (TPSA) is 74.2 Å². The molecule has 3 aromatic rings. The standard InChI is InChI=1S/C13H11N3O2S/c14-9-4-1-2-5-10(9)17-8-12-15-16-13(18-12)11-6-3-7-19-11/h1-7H,8,14H2. The number of thiophene rings is 1. The number of ether oxygens (including phenoxy) is 1. The van der Waals surface area contributed by atoms with Crippen LogP contribution in [0.5, 0.6) is 5.75 Å². The van der Waals surface area contributed by atoms with Gasteiger partial charge in [-0.3, -0.25) is 0 Å². The van der Waals surface area contributed by atoms with E-state index in [-0.39, 0.29) is 6.61 Å². The molecule has 0 fully saturated rings. The van der Waals surface area contributed by atoms with Gasteiger partial charge in [0.15, 0.2) is 6.61 Å².